The van der Waals surface area contributed by atoms with Crippen LogP contribution < -0.4 is 10.4 Å². The average Bonchev–Trinajstić information content (AvgIpc) is 2.66. The lowest BCUT2D eigenvalue weighted by atomic mass is 9.99. The van der Waals surface area contributed by atoms with Crippen LogP contribution in [0.25, 0.3) is 11.0 Å². The maximum atomic E-state index is 11.7. The number of aliphatic hydroxyl groups excluding tert-OH is 3. The second-order valence-corrected chi connectivity index (χ2v) is 4.90. The fourth-order valence-electron chi connectivity index (χ4n) is 2.09. The summed E-state index contributed by atoms with van der Waals surface area (Å²) in [5.74, 6) is -2.44. The number of benzene rings is 1. The molecule has 0 spiro atoms. The van der Waals surface area contributed by atoms with Crippen LogP contribution in [-0.4, -0.2) is 57.1 Å². The lowest BCUT2D eigenvalue weighted by Gasteiger charge is -2.38. The third-order valence-electron chi connectivity index (χ3n) is 3.29. The number of aliphatic hydroxyl groups is 3. The van der Waals surface area contributed by atoms with Crippen molar-refractivity contribution in [1.29, 1.82) is 0 Å². The predicted molar refractivity (Wildman–Crippen MR) is 77.4 cm³/mol. The summed E-state index contributed by atoms with van der Waals surface area (Å²) in [5.41, 5.74) is -1.90. The maximum absolute atomic E-state index is 11.7. The Labute approximate surface area is 141 Å². The summed E-state index contributed by atoms with van der Waals surface area (Å²) >= 11 is 0. The van der Waals surface area contributed by atoms with Crippen LogP contribution in [-0.2, 0) is 9.53 Å². The largest absolute Gasteiger partial charge is 0.479 e. The van der Waals surface area contributed by atoms with Gasteiger partial charge in [-0.25, -0.2) is 9.59 Å². The molecule has 9 nitrogen and oxygen atoms in total. The molecule has 128 valence electrons. The Kier molecular flexibility index (Phi) is 2.89. The third-order valence-corrected chi connectivity index (χ3v) is 3.29. The van der Waals surface area contributed by atoms with Crippen LogP contribution in [0.1, 0.15) is 6.85 Å². The molecule has 0 saturated carbocycles. The highest BCUT2D eigenvalue weighted by Gasteiger charge is 2.48. The molecular weight excluding hydrogens is 324 g/mol. The van der Waals surface area contributed by atoms with Gasteiger partial charge in [0.15, 0.2) is 6.10 Å². The zero-order valence-corrected chi connectivity index (χ0v) is 11.7. The molecule has 2 heterocycles. The third kappa shape index (κ3) is 2.97. The monoisotopic (exact) mass is 343 g/mol. The van der Waals surface area contributed by atoms with Gasteiger partial charge in [0.25, 0.3) is 0 Å². The first-order valence-corrected chi connectivity index (χ1v) is 6.60. The van der Waals surface area contributed by atoms with Gasteiger partial charge in [0.2, 0.25) is 6.29 Å². The van der Waals surface area contributed by atoms with Crippen molar-refractivity contribution in [3.8, 4) is 5.75 Å². The van der Waals surface area contributed by atoms with Crippen LogP contribution in [0.15, 0.2) is 39.4 Å². The van der Waals surface area contributed by atoms with Gasteiger partial charge in [-0.1, -0.05) is 0 Å². The van der Waals surface area contributed by atoms with E-state index in [-0.39, 0.29) is 0 Å². The van der Waals surface area contributed by atoms with Crippen LogP contribution in [0, 0.1) is 0 Å². The van der Waals surface area contributed by atoms with Crippen molar-refractivity contribution in [2.75, 3.05) is 0 Å². The first-order valence-electron chi connectivity index (χ1n) is 9.10. The van der Waals surface area contributed by atoms with Gasteiger partial charge in [0, 0.05) is 17.5 Å². The molecule has 5 atom stereocenters. The van der Waals surface area contributed by atoms with Gasteiger partial charge in [0.05, 0.1) is 6.85 Å². The average molecular weight is 343 g/mol. The van der Waals surface area contributed by atoms with E-state index in [1.165, 1.54) is 0 Å². The summed E-state index contributed by atoms with van der Waals surface area (Å²) in [6.07, 6.45) is -9.94. The highest BCUT2D eigenvalue weighted by atomic mass is 16.7. The molecule has 4 N–H and O–H groups in total. The molecule has 1 aromatic carbocycles. The van der Waals surface area contributed by atoms with Gasteiger partial charge in [0.1, 0.15) is 29.6 Å². The topological polar surface area (TPSA) is 147 Å². The minimum absolute atomic E-state index is 0.457. The molecule has 24 heavy (non-hydrogen) atoms. The van der Waals surface area contributed by atoms with Gasteiger partial charge in [-0.05, 0) is 18.1 Å². The van der Waals surface area contributed by atoms with E-state index in [0.717, 1.165) is 0 Å². The molecule has 9 heteroatoms. The molecule has 0 radical (unpaired) electrons. The summed E-state index contributed by atoms with van der Waals surface area (Å²) in [4.78, 5) is 22.8. The molecular formula is C15H14O9. The van der Waals surface area contributed by atoms with Crippen LogP contribution >= 0.6 is 0 Å². The fraction of sp³-hybridized carbons (Fsp3) is 0.333. The van der Waals surface area contributed by atoms with Crippen molar-refractivity contribution in [3.05, 3.63) is 40.6 Å². The van der Waals surface area contributed by atoms with Crippen LogP contribution in [0.5, 0.6) is 5.75 Å². The van der Waals surface area contributed by atoms with Crippen LogP contribution in [0.2, 0.25) is 0 Å². The first-order chi connectivity index (χ1) is 13.5. The Morgan fingerprint density at radius 3 is 2.54 bits per heavy atom. The second-order valence-electron chi connectivity index (χ2n) is 4.90. The lowest BCUT2D eigenvalue weighted by Crippen LogP contribution is -2.61. The highest BCUT2D eigenvalue weighted by Crippen LogP contribution is 2.26. The first kappa shape index (κ1) is 11.2. The Balaban J connectivity index is 2.12. The lowest BCUT2D eigenvalue weighted by molar-refractivity contribution is -0.271. The molecule has 1 aliphatic heterocycles. The molecule has 0 unspecified atom stereocenters. The van der Waals surface area contributed by atoms with Crippen molar-refractivity contribution >= 4 is 16.9 Å². The molecule has 0 bridgehead atoms. The van der Waals surface area contributed by atoms with Gasteiger partial charge >= 0.3 is 11.6 Å². The zero-order chi connectivity index (χ0) is 21.8. The van der Waals surface area contributed by atoms with E-state index in [0.29, 0.717) is 0 Å². The van der Waals surface area contributed by atoms with E-state index in [4.69, 9.17) is 25.9 Å². The van der Waals surface area contributed by atoms with Gasteiger partial charge in [-0.15, -0.1) is 0 Å². The SMILES string of the molecule is [2H]c1c(O[C@@H]2O[C@H](C(=O)O)[C@@H](O)[C@H](O)[C@H]2O)c([2H])c2oc(=O)c([2H])c([2H])c2c1[2H]. The normalized spacial score (nSPS) is 33.1. The van der Waals surface area contributed by atoms with Crippen molar-refractivity contribution in [2.45, 2.75) is 30.7 Å². The second kappa shape index (κ2) is 6.21. The van der Waals surface area contributed by atoms with E-state index in [1.54, 1.807) is 0 Å². The fourth-order valence-corrected chi connectivity index (χ4v) is 2.09. The Morgan fingerprint density at radius 2 is 1.83 bits per heavy atom. The van der Waals surface area contributed by atoms with E-state index in [1.807, 2.05) is 0 Å². The zero-order valence-electron chi connectivity index (χ0n) is 16.7. The van der Waals surface area contributed by atoms with Gasteiger partial charge in [-0.2, -0.15) is 0 Å². The number of carboxylic acid groups (broad SMARTS) is 1. The Hall–Kier alpha value is -2.46. The van der Waals surface area contributed by atoms with Gasteiger partial charge < -0.3 is 34.3 Å². The quantitative estimate of drug-likeness (QED) is 0.519. The summed E-state index contributed by atoms with van der Waals surface area (Å²) < 4.78 is 54.1. The van der Waals surface area contributed by atoms with E-state index < -0.39 is 89.2 Å². The van der Waals surface area contributed by atoms with E-state index in [2.05, 4.69) is 0 Å². The smallest absolute Gasteiger partial charge is 0.336 e. The molecule has 3 rings (SSSR count). The molecule has 2 aromatic rings. The summed E-state index contributed by atoms with van der Waals surface area (Å²) in [6.45, 7) is 0. The molecule has 0 amide bonds. The van der Waals surface area contributed by atoms with Crippen LogP contribution in [0.3, 0.4) is 0 Å². The maximum Gasteiger partial charge on any atom is 0.336 e. The van der Waals surface area contributed by atoms with Gasteiger partial charge in [-0.3, -0.25) is 0 Å². The summed E-state index contributed by atoms with van der Waals surface area (Å²) in [6, 6.07) is -3.92. The van der Waals surface area contributed by atoms with E-state index in [9.17, 15) is 24.9 Å². The summed E-state index contributed by atoms with van der Waals surface area (Å²) in [7, 11) is 0. The Morgan fingerprint density at radius 1 is 1.12 bits per heavy atom. The number of carbonyl (C=O) groups is 1. The standard InChI is InChI=1S/C15H14O9/c16-9-4-2-6-1-3-7(5-8(6)23-9)22-15-12(19)10(17)11(18)13(24-15)14(20)21/h1-5,10-13,15,17-19H,(H,20,21)/t10-,11-,12+,13-,15+/m0/s1/i1D,2D,3D,4D,5D. The van der Waals surface area contributed by atoms with Crippen molar-refractivity contribution in [1.82, 2.24) is 0 Å². The minimum atomic E-state index is -2.00. The molecule has 0 aliphatic carbocycles. The molecule has 1 aliphatic rings. The molecule has 1 aromatic heterocycles. The molecule has 1 saturated heterocycles. The number of ether oxygens (including phenoxy) is 2. The van der Waals surface area contributed by atoms with E-state index >= 15 is 0 Å². The number of fused-ring (bicyclic) bond motifs is 1. The highest BCUT2D eigenvalue weighted by molar-refractivity contribution is 5.77. The number of rotatable bonds is 3. The predicted octanol–water partition coefficient (Wildman–Crippen LogP) is -0.936. The van der Waals surface area contributed by atoms with Crippen molar-refractivity contribution in [2.24, 2.45) is 0 Å². The number of carboxylic acids is 1. The number of hydrogen-bond donors (Lipinski definition) is 4. The minimum Gasteiger partial charge on any atom is -0.479 e. The van der Waals surface area contributed by atoms with Crippen molar-refractivity contribution < 1.29 is 46.0 Å². The number of aliphatic carboxylic acids is 1. The Bertz CT molecular complexity index is 1060. The van der Waals surface area contributed by atoms with Crippen molar-refractivity contribution in [3.63, 3.8) is 0 Å². The number of hydrogen-bond acceptors (Lipinski definition) is 8. The van der Waals surface area contributed by atoms with Crippen LogP contribution in [0.4, 0.5) is 0 Å². The molecule has 1 fully saturated rings. The summed E-state index contributed by atoms with van der Waals surface area (Å²) in [5, 5.41) is 38.1.